The summed E-state index contributed by atoms with van der Waals surface area (Å²) in [7, 11) is -3.58. The van der Waals surface area contributed by atoms with E-state index in [4.69, 9.17) is 0 Å². The summed E-state index contributed by atoms with van der Waals surface area (Å²) in [6.45, 7) is 6.17. The van der Waals surface area contributed by atoms with Crippen molar-refractivity contribution in [2.75, 3.05) is 0 Å². The highest BCUT2D eigenvalue weighted by molar-refractivity contribution is 7.89. The van der Waals surface area contributed by atoms with Gasteiger partial charge >= 0.3 is 0 Å². The van der Waals surface area contributed by atoms with Crippen molar-refractivity contribution in [2.24, 2.45) is 10.5 Å². The molecule has 1 aromatic carbocycles. The molecule has 0 radical (unpaired) electrons. The molecule has 3 heterocycles. The highest BCUT2D eigenvalue weighted by atomic mass is 32.2. The number of rotatable bonds is 1. The standard InChI is InChI=1S/C17H18N2O2S2/c1-11-6-7-14-12(9-11)10-15-17(2,3)16(13-5-4-8-22-13)18-19(15)23(14,20)21/h4-9,15H,10H2,1-3H3/t15-/m0/s1. The molecule has 0 aliphatic carbocycles. The van der Waals surface area contributed by atoms with Crippen LogP contribution in [0.1, 0.15) is 29.9 Å². The first-order valence-corrected chi connectivity index (χ1v) is 9.91. The van der Waals surface area contributed by atoms with E-state index in [1.807, 2.05) is 36.6 Å². The monoisotopic (exact) mass is 346 g/mol. The molecular formula is C17H18N2O2S2. The first-order chi connectivity index (χ1) is 10.8. The molecule has 2 aliphatic heterocycles. The molecular weight excluding hydrogens is 328 g/mol. The van der Waals surface area contributed by atoms with Crippen LogP contribution < -0.4 is 0 Å². The molecule has 2 aromatic rings. The SMILES string of the molecule is Cc1ccc2c(c1)C[C@@H]1N(N=C(c3cccs3)C1(C)C)S2(=O)=O. The second-order valence-electron chi connectivity index (χ2n) is 6.76. The molecule has 0 N–H and O–H groups in total. The Kier molecular flexibility index (Phi) is 3.03. The summed E-state index contributed by atoms with van der Waals surface area (Å²) < 4.78 is 27.4. The summed E-state index contributed by atoms with van der Waals surface area (Å²) in [4.78, 5) is 1.44. The molecule has 2 aliphatic rings. The third-order valence-corrected chi connectivity index (χ3v) is 7.48. The van der Waals surface area contributed by atoms with Gasteiger partial charge in [-0.2, -0.15) is 17.9 Å². The summed E-state index contributed by atoms with van der Waals surface area (Å²) in [5.74, 6) is 0. The van der Waals surface area contributed by atoms with Crippen molar-refractivity contribution in [3.63, 3.8) is 0 Å². The lowest BCUT2D eigenvalue weighted by molar-refractivity contribution is 0.250. The number of hydrogen-bond acceptors (Lipinski definition) is 4. The van der Waals surface area contributed by atoms with E-state index in [0.29, 0.717) is 11.3 Å². The zero-order valence-electron chi connectivity index (χ0n) is 13.3. The van der Waals surface area contributed by atoms with Gasteiger partial charge in [0.05, 0.1) is 21.5 Å². The lowest BCUT2D eigenvalue weighted by atomic mass is 9.77. The van der Waals surface area contributed by atoms with E-state index in [1.54, 1.807) is 17.4 Å². The predicted octanol–water partition coefficient (Wildman–Crippen LogP) is 3.42. The first kappa shape index (κ1) is 14.9. The molecule has 6 heteroatoms. The fourth-order valence-electron chi connectivity index (χ4n) is 3.49. The summed E-state index contributed by atoms with van der Waals surface area (Å²) >= 11 is 1.60. The van der Waals surface area contributed by atoms with Gasteiger partial charge in [0.15, 0.2) is 0 Å². The fourth-order valence-corrected chi connectivity index (χ4v) is 6.15. The Bertz CT molecular complexity index is 912. The van der Waals surface area contributed by atoms with Crippen LogP contribution in [0.4, 0.5) is 0 Å². The number of benzene rings is 1. The van der Waals surface area contributed by atoms with Crippen molar-refractivity contribution in [1.29, 1.82) is 0 Å². The molecule has 0 fully saturated rings. The van der Waals surface area contributed by atoms with Crippen LogP contribution in [0, 0.1) is 12.3 Å². The van der Waals surface area contributed by atoms with Crippen LogP contribution in [0.3, 0.4) is 0 Å². The molecule has 0 amide bonds. The van der Waals surface area contributed by atoms with Crippen LogP contribution in [-0.4, -0.2) is 24.6 Å². The van der Waals surface area contributed by atoms with Gasteiger partial charge in [0.2, 0.25) is 0 Å². The molecule has 1 aromatic heterocycles. The molecule has 0 saturated heterocycles. The molecule has 0 bridgehead atoms. The minimum atomic E-state index is -3.58. The zero-order valence-corrected chi connectivity index (χ0v) is 14.9. The van der Waals surface area contributed by atoms with Gasteiger partial charge in [0.25, 0.3) is 10.0 Å². The molecule has 0 spiro atoms. The summed E-state index contributed by atoms with van der Waals surface area (Å²) in [6.07, 6.45) is 0.696. The van der Waals surface area contributed by atoms with Crippen molar-refractivity contribution in [2.45, 2.75) is 38.1 Å². The van der Waals surface area contributed by atoms with Crippen LogP contribution >= 0.6 is 11.3 Å². The Balaban J connectivity index is 1.90. The molecule has 1 atom stereocenters. The van der Waals surface area contributed by atoms with Crippen LogP contribution in [-0.2, 0) is 16.4 Å². The minimum Gasteiger partial charge on any atom is -0.200 e. The molecule has 4 nitrogen and oxygen atoms in total. The average Bonchev–Trinajstić information content (AvgIpc) is 3.06. The number of thiophene rings is 1. The van der Waals surface area contributed by atoms with Crippen LogP contribution in [0.2, 0.25) is 0 Å². The number of sulfonamides is 1. The van der Waals surface area contributed by atoms with Gasteiger partial charge in [-0.15, -0.1) is 11.3 Å². The van der Waals surface area contributed by atoms with Gasteiger partial charge in [0.1, 0.15) is 0 Å². The van der Waals surface area contributed by atoms with E-state index in [2.05, 4.69) is 18.9 Å². The van der Waals surface area contributed by atoms with E-state index < -0.39 is 10.0 Å². The Labute approximate surface area is 140 Å². The van der Waals surface area contributed by atoms with E-state index in [-0.39, 0.29) is 11.5 Å². The van der Waals surface area contributed by atoms with E-state index in [9.17, 15) is 8.42 Å². The van der Waals surface area contributed by atoms with Crippen molar-refractivity contribution in [3.05, 3.63) is 51.7 Å². The highest BCUT2D eigenvalue weighted by Gasteiger charge is 2.52. The van der Waals surface area contributed by atoms with E-state index >= 15 is 0 Å². The number of hydrazone groups is 1. The third kappa shape index (κ3) is 2.01. The molecule has 0 unspecified atom stereocenters. The predicted molar refractivity (Wildman–Crippen MR) is 92.3 cm³/mol. The van der Waals surface area contributed by atoms with Crippen molar-refractivity contribution < 1.29 is 8.42 Å². The number of nitrogens with zero attached hydrogens (tertiary/aromatic N) is 2. The molecule has 23 heavy (non-hydrogen) atoms. The number of hydrogen-bond donors (Lipinski definition) is 0. The Morgan fingerprint density at radius 1 is 1.30 bits per heavy atom. The normalized spacial score (nSPS) is 24.0. The Morgan fingerprint density at radius 3 is 2.78 bits per heavy atom. The van der Waals surface area contributed by atoms with Crippen LogP contribution in [0.25, 0.3) is 0 Å². The van der Waals surface area contributed by atoms with Gasteiger partial charge in [0, 0.05) is 5.41 Å². The molecule has 4 rings (SSSR count). The maximum Gasteiger partial charge on any atom is 0.279 e. The lowest BCUT2D eigenvalue weighted by Gasteiger charge is -2.36. The molecule has 0 saturated carbocycles. The van der Waals surface area contributed by atoms with E-state index in [0.717, 1.165) is 21.7 Å². The number of aryl methyl sites for hydroxylation is 1. The van der Waals surface area contributed by atoms with Crippen LogP contribution in [0.15, 0.2) is 45.7 Å². The topological polar surface area (TPSA) is 49.7 Å². The highest BCUT2D eigenvalue weighted by Crippen LogP contribution is 2.45. The van der Waals surface area contributed by atoms with Crippen LogP contribution in [0.5, 0.6) is 0 Å². The lowest BCUT2D eigenvalue weighted by Crippen LogP contribution is -2.46. The minimum absolute atomic E-state index is 0.168. The van der Waals surface area contributed by atoms with Crippen molar-refractivity contribution in [1.82, 2.24) is 4.41 Å². The third-order valence-electron chi connectivity index (χ3n) is 4.82. The Hall–Kier alpha value is -1.66. The first-order valence-electron chi connectivity index (χ1n) is 7.59. The maximum atomic E-state index is 13.0. The second kappa shape index (κ2) is 4.68. The quantitative estimate of drug-likeness (QED) is 0.794. The van der Waals surface area contributed by atoms with Gasteiger partial charge < -0.3 is 0 Å². The van der Waals surface area contributed by atoms with Gasteiger partial charge in [-0.1, -0.05) is 37.6 Å². The summed E-state index contributed by atoms with van der Waals surface area (Å²) in [6, 6.07) is 9.36. The van der Waals surface area contributed by atoms with Gasteiger partial charge in [-0.05, 0) is 36.4 Å². The van der Waals surface area contributed by atoms with Crippen molar-refractivity contribution in [3.8, 4) is 0 Å². The largest absolute Gasteiger partial charge is 0.279 e. The Morgan fingerprint density at radius 2 is 2.09 bits per heavy atom. The number of fused-ring (bicyclic) bond motifs is 2. The zero-order chi connectivity index (χ0) is 16.4. The maximum absolute atomic E-state index is 13.0. The second-order valence-corrected chi connectivity index (χ2v) is 9.47. The summed E-state index contributed by atoms with van der Waals surface area (Å²) in [5, 5.41) is 6.55. The fraction of sp³-hybridized carbons (Fsp3) is 0.353. The smallest absolute Gasteiger partial charge is 0.200 e. The summed E-state index contributed by atoms with van der Waals surface area (Å²) in [5.41, 5.74) is 2.54. The van der Waals surface area contributed by atoms with Gasteiger partial charge in [-0.25, -0.2) is 0 Å². The van der Waals surface area contributed by atoms with Gasteiger partial charge in [-0.3, -0.25) is 0 Å². The molecule has 120 valence electrons. The van der Waals surface area contributed by atoms with Crippen molar-refractivity contribution >= 4 is 27.1 Å². The van der Waals surface area contributed by atoms with E-state index in [1.165, 1.54) is 4.41 Å². The average molecular weight is 346 g/mol.